The smallest absolute Gasteiger partial charge is 0.310 e. The molecule has 0 saturated carbocycles. The van der Waals surface area contributed by atoms with Gasteiger partial charge < -0.3 is 20.3 Å². The van der Waals surface area contributed by atoms with Crippen LogP contribution in [0.4, 0.5) is 0 Å². The number of nitrogens with zero attached hydrogens (tertiary/aromatic N) is 1. The lowest BCUT2D eigenvalue weighted by Crippen LogP contribution is -2.39. The normalized spacial score (nSPS) is 11.3. The summed E-state index contributed by atoms with van der Waals surface area (Å²) in [5, 5.41) is 24.8. The van der Waals surface area contributed by atoms with Crippen molar-refractivity contribution in [2.75, 3.05) is 13.2 Å². The highest BCUT2D eigenvalue weighted by molar-refractivity contribution is 6.30. The van der Waals surface area contributed by atoms with E-state index in [9.17, 15) is 19.8 Å². The number of aromatic nitrogens is 1. The number of carboxylic acid groups (broad SMARTS) is 1. The van der Waals surface area contributed by atoms with Crippen LogP contribution in [0.2, 0.25) is 5.02 Å². The molecule has 0 spiro atoms. The number of carboxylic acids is 1. The van der Waals surface area contributed by atoms with Crippen molar-refractivity contribution < 1.29 is 24.5 Å². The molecule has 0 aliphatic carbocycles. The zero-order valence-corrected chi connectivity index (χ0v) is 21.2. The van der Waals surface area contributed by atoms with Gasteiger partial charge in [-0.15, -0.1) is 0 Å². The van der Waals surface area contributed by atoms with Crippen LogP contribution >= 0.6 is 11.6 Å². The van der Waals surface area contributed by atoms with E-state index in [2.05, 4.69) is 10.3 Å². The number of amides is 1. The Morgan fingerprint density at radius 3 is 2.38 bits per heavy atom. The van der Waals surface area contributed by atoms with Gasteiger partial charge in [0.1, 0.15) is 11.5 Å². The van der Waals surface area contributed by atoms with E-state index < -0.39 is 17.3 Å². The highest BCUT2D eigenvalue weighted by Crippen LogP contribution is 2.29. The second-order valence-corrected chi connectivity index (χ2v) is 9.85. The monoisotopic (exact) mass is 518 g/mol. The Hall–Kier alpha value is -4.10. The maximum absolute atomic E-state index is 12.4. The number of pyridine rings is 1. The van der Waals surface area contributed by atoms with E-state index in [1.165, 1.54) is 26.1 Å². The molecule has 0 unspecified atom stereocenters. The first-order valence-electron chi connectivity index (χ1n) is 11.7. The molecule has 1 amide bonds. The van der Waals surface area contributed by atoms with Crippen LogP contribution in [0.3, 0.4) is 0 Å². The lowest BCUT2D eigenvalue weighted by atomic mass is 9.94. The molecule has 1 heterocycles. The van der Waals surface area contributed by atoms with Gasteiger partial charge in [0, 0.05) is 29.7 Å². The highest BCUT2D eigenvalue weighted by Gasteiger charge is 2.28. The van der Waals surface area contributed by atoms with Crippen molar-refractivity contribution in [1.82, 2.24) is 10.3 Å². The largest absolute Gasteiger partial charge is 0.505 e. The summed E-state index contributed by atoms with van der Waals surface area (Å²) in [4.78, 5) is 27.8. The third kappa shape index (κ3) is 6.37. The molecule has 3 N–H and O–H groups in total. The number of fused-ring (bicyclic) bond motifs is 1. The zero-order chi connectivity index (χ0) is 26.6. The Balaban J connectivity index is 1.43. The van der Waals surface area contributed by atoms with Gasteiger partial charge in [0.25, 0.3) is 5.91 Å². The third-order valence-corrected chi connectivity index (χ3v) is 6.32. The van der Waals surface area contributed by atoms with Crippen molar-refractivity contribution in [2.24, 2.45) is 5.41 Å². The predicted molar refractivity (Wildman–Crippen MR) is 143 cm³/mol. The number of carbonyl (C=O) groups excluding carboxylic acids is 1. The second-order valence-electron chi connectivity index (χ2n) is 9.41. The summed E-state index contributed by atoms with van der Waals surface area (Å²) in [6, 6.07) is 20.9. The van der Waals surface area contributed by atoms with E-state index in [0.717, 1.165) is 34.1 Å². The van der Waals surface area contributed by atoms with Gasteiger partial charge in [-0.3, -0.25) is 9.59 Å². The van der Waals surface area contributed by atoms with Crippen LogP contribution in [0.15, 0.2) is 72.9 Å². The van der Waals surface area contributed by atoms with E-state index >= 15 is 0 Å². The summed E-state index contributed by atoms with van der Waals surface area (Å²) < 4.78 is 5.92. The summed E-state index contributed by atoms with van der Waals surface area (Å²) in [6.45, 7) is 3.45. The van der Waals surface area contributed by atoms with Crippen molar-refractivity contribution in [3.8, 4) is 22.6 Å². The Morgan fingerprint density at radius 1 is 0.973 bits per heavy atom. The van der Waals surface area contributed by atoms with Gasteiger partial charge in [0.2, 0.25) is 0 Å². The minimum atomic E-state index is -1.14. The standard InChI is InChI=1S/C29H27ClN2O5/c1-29(2,28(35)36)17-32-27(34)26-25(33)15-22(16-31-26)20-5-6-21-14-24(10-7-19(21)13-20)37-12-11-18-3-8-23(30)9-4-18/h3-10,13-16,33H,11-12,17H2,1-2H3,(H,32,34)(H,35,36). The Labute approximate surface area is 219 Å². The van der Waals surface area contributed by atoms with Gasteiger partial charge in [-0.1, -0.05) is 41.9 Å². The van der Waals surface area contributed by atoms with Crippen LogP contribution in [0, 0.1) is 5.41 Å². The number of halogens is 1. The summed E-state index contributed by atoms with van der Waals surface area (Å²) >= 11 is 5.93. The van der Waals surface area contributed by atoms with Gasteiger partial charge in [0.15, 0.2) is 5.69 Å². The lowest BCUT2D eigenvalue weighted by Gasteiger charge is -2.19. The molecule has 190 valence electrons. The fourth-order valence-electron chi connectivity index (χ4n) is 3.68. The molecule has 7 nitrogen and oxygen atoms in total. The highest BCUT2D eigenvalue weighted by atomic mass is 35.5. The number of nitrogens with one attached hydrogen (secondary N) is 1. The van der Waals surface area contributed by atoms with Crippen LogP contribution in [-0.4, -0.2) is 40.2 Å². The molecule has 0 radical (unpaired) electrons. The maximum Gasteiger partial charge on any atom is 0.310 e. The Morgan fingerprint density at radius 2 is 1.68 bits per heavy atom. The molecule has 0 fully saturated rings. The van der Waals surface area contributed by atoms with Crippen molar-refractivity contribution in [2.45, 2.75) is 20.3 Å². The molecule has 0 bridgehead atoms. The SMILES string of the molecule is CC(C)(CNC(=O)c1ncc(-c2ccc3cc(OCCc4ccc(Cl)cc4)ccc3c2)cc1O)C(=O)O. The molecule has 0 atom stereocenters. The first kappa shape index (κ1) is 26.0. The van der Waals surface area contributed by atoms with Gasteiger partial charge in [0.05, 0.1) is 12.0 Å². The minimum Gasteiger partial charge on any atom is -0.505 e. The fraction of sp³-hybridized carbons (Fsp3) is 0.207. The molecule has 37 heavy (non-hydrogen) atoms. The van der Waals surface area contributed by atoms with E-state index in [4.69, 9.17) is 16.3 Å². The maximum atomic E-state index is 12.4. The fourth-order valence-corrected chi connectivity index (χ4v) is 3.80. The average molecular weight is 519 g/mol. The zero-order valence-electron chi connectivity index (χ0n) is 20.5. The van der Waals surface area contributed by atoms with Gasteiger partial charge in [-0.05, 0) is 72.1 Å². The van der Waals surface area contributed by atoms with E-state index in [1.807, 2.05) is 60.7 Å². The van der Waals surface area contributed by atoms with E-state index in [-0.39, 0.29) is 18.0 Å². The second kappa shape index (κ2) is 10.9. The van der Waals surface area contributed by atoms with E-state index in [0.29, 0.717) is 17.2 Å². The minimum absolute atomic E-state index is 0.0957. The summed E-state index contributed by atoms with van der Waals surface area (Å²) in [5.41, 5.74) is 1.32. The Kier molecular flexibility index (Phi) is 7.64. The van der Waals surface area contributed by atoms with E-state index in [1.54, 1.807) is 0 Å². The molecule has 8 heteroatoms. The van der Waals surface area contributed by atoms with Crippen LogP contribution in [0.1, 0.15) is 29.9 Å². The topological polar surface area (TPSA) is 109 Å². The molecular weight excluding hydrogens is 492 g/mol. The average Bonchev–Trinajstić information content (AvgIpc) is 2.88. The van der Waals surface area contributed by atoms with Crippen molar-refractivity contribution in [1.29, 1.82) is 0 Å². The molecular formula is C29H27ClN2O5. The quantitative estimate of drug-likeness (QED) is 0.261. The molecule has 4 rings (SSSR count). The van der Waals surface area contributed by atoms with Gasteiger partial charge in [-0.25, -0.2) is 4.98 Å². The summed E-state index contributed by atoms with van der Waals surface area (Å²) in [6.07, 6.45) is 2.28. The third-order valence-electron chi connectivity index (χ3n) is 6.07. The number of rotatable bonds is 9. The molecule has 3 aromatic carbocycles. The van der Waals surface area contributed by atoms with Gasteiger partial charge in [-0.2, -0.15) is 0 Å². The predicted octanol–water partition coefficient (Wildman–Crippen LogP) is 5.72. The number of carbonyl (C=O) groups is 2. The number of ether oxygens (including phenoxy) is 1. The number of benzene rings is 3. The Bertz CT molecular complexity index is 1450. The number of aliphatic carboxylic acids is 1. The first-order chi connectivity index (χ1) is 17.6. The molecule has 0 aliphatic rings. The number of hydrogen-bond acceptors (Lipinski definition) is 5. The van der Waals surface area contributed by atoms with Crippen LogP contribution in [0.5, 0.6) is 11.5 Å². The molecule has 4 aromatic rings. The van der Waals surface area contributed by atoms with Crippen molar-refractivity contribution in [3.05, 3.63) is 89.2 Å². The number of aromatic hydroxyl groups is 1. The molecule has 0 aliphatic heterocycles. The van der Waals surface area contributed by atoms with Gasteiger partial charge >= 0.3 is 5.97 Å². The summed E-state index contributed by atoms with van der Waals surface area (Å²) in [7, 11) is 0. The van der Waals surface area contributed by atoms with Crippen LogP contribution < -0.4 is 10.1 Å². The van der Waals surface area contributed by atoms with Crippen molar-refractivity contribution >= 4 is 34.2 Å². The first-order valence-corrected chi connectivity index (χ1v) is 12.1. The molecule has 1 aromatic heterocycles. The van der Waals surface area contributed by atoms with Crippen LogP contribution in [-0.2, 0) is 11.2 Å². The lowest BCUT2D eigenvalue weighted by molar-refractivity contribution is -0.146. The number of hydrogen-bond donors (Lipinski definition) is 3. The summed E-state index contributed by atoms with van der Waals surface area (Å²) in [5.74, 6) is -1.18. The molecule has 0 saturated heterocycles. The van der Waals surface area contributed by atoms with Crippen LogP contribution in [0.25, 0.3) is 21.9 Å². The van der Waals surface area contributed by atoms with Crippen molar-refractivity contribution in [3.63, 3.8) is 0 Å².